The minimum atomic E-state index is -3.47. The SMILES string of the molecule is O=S(=O)(NCC1COCCN1)c1cccnc1. The van der Waals surface area contributed by atoms with Crippen molar-refractivity contribution in [3.8, 4) is 0 Å². The lowest BCUT2D eigenvalue weighted by atomic mass is 10.3. The number of hydrogen-bond acceptors (Lipinski definition) is 5. The van der Waals surface area contributed by atoms with Crippen LogP contribution in [0.1, 0.15) is 0 Å². The van der Waals surface area contributed by atoms with Crippen molar-refractivity contribution in [2.75, 3.05) is 26.3 Å². The zero-order valence-electron chi connectivity index (χ0n) is 9.30. The van der Waals surface area contributed by atoms with E-state index in [1.54, 1.807) is 6.07 Å². The lowest BCUT2D eigenvalue weighted by Crippen LogP contribution is -2.48. The minimum absolute atomic E-state index is 0.0233. The highest BCUT2D eigenvalue weighted by Crippen LogP contribution is 2.05. The van der Waals surface area contributed by atoms with Gasteiger partial charge in [0.2, 0.25) is 10.0 Å². The van der Waals surface area contributed by atoms with Crippen LogP contribution in [0.4, 0.5) is 0 Å². The molecule has 1 atom stereocenters. The summed E-state index contributed by atoms with van der Waals surface area (Å²) in [5.41, 5.74) is 0. The van der Waals surface area contributed by atoms with Crippen LogP contribution >= 0.6 is 0 Å². The van der Waals surface area contributed by atoms with Gasteiger partial charge in [0.25, 0.3) is 0 Å². The smallest absolute Gasteiger partial charge is 0.242 e. The number of nitrogens with zero attached hydrogens (tertiary/aromatic N) is 1. The predicted molar refractivity (Wildman–Crippen MR) is 62.0 cm³/mol. The van der Waals surface area contributed by atoms with Crippen LogP contribution in [-0.2, 0) is 14.8 Å². The van der Waals surface area contributed by atoms with E-state index in [9.17, 15) is 8.42 Å². The molecular formula is C10H15N3O3S. The van der Waals surface area contributed by atoms with E-state index >= 15 is 0 Å². The molecule has 1 unspecified atom stereocenters. The van der Waals surface area contributed by atoms with Gasteiger partial charge in [-0.05, 0) is 12.1 Å². The number of morpholine rings is 1. The summed E-state index contributed by atoms with van der Waals surface area (Å²) in [7, 11) is -3.47. The van der Waals surface area contributed by atoms with Gasteiger partial charge < -0.3 is 10.1 Å². The normalized spacial score (nSPS) is 21.3. The Balaban J connectivity index is 1.94. The van der Waals surface area contributed by atoms with E-state index in [1.807, 2.05) is 0 Å². The third-order valence-electron chi connectivity index (χ3n) is 2.46. The van der Waals surface area contributed by atoms with Crippen LogP contribution < -0.4 is 10.0 Å². The van der Waals surface area contributed by atoms with Crippen LogP contribution in [0.2, 0.25) is 0 Å². The Morgan fingerprint density at radius 3 is 3.12 bits per heavy atom. The number of ether oxygens (including phenoxy) is 1. The molecule has 2 heterocycles. The van der Waals surface area contributed by atoms with Gasteiger partial charge in [0.15, 0.2) is 0 Å². The maximum Gasteiger partial charge on any atom is 0.242 e. The first kappa shape index (κ1) is 12.4. The molecule has 0 radical (unpaired) electrons. The summed E-state index contributed by atoms with van der Waals surface area (Å²) >= 11 is 0. The molecule has 0 aromatic carbocycles. The Morgan fingerprint density at radius 1 is 1.59 bits per heavy atom. The van der Waals surface area contributed by atoms with Gasteiger partial charge in [0.05, 0.1) is 13.2 Å². The molecule has 2 rings (SSSR count). The Hall–Kier alpha value is -1.02. The van der Waals surface area contributed by atoms with Gasteiger partial charge in [-0.25, -0.2) is 13.1 Å². The molecule has 1 aromatic heterocycles. The fourth-order valence-corrected chi connectivity index (χ4v) is 2.60. The van der Waals surface area contributed by atoms with E-state index in [1.165, 1.54) is 18.5 Å². The average Bonchev–Trinajstić information content (AvgIpc) is 2.39. The van der Waals surface area contributed by atoms with Crippen LogP contribution in [-0.4, -0.2) is 45.7 Å². The van der Waals surface area contributed by atoms with Crippen molar-refractivity contribution in [2.45, 2.75) is 10.9 Å². The summed E-state index contributed by atoms with van der Waals surface area (Å²) < 4.78 is 31.5. The molecule has 1 aliphatic heterocycles. The molecule has 0 bridgehead atoms. The van der Waals surface area contributed by atoms with E-state index in [2.05, 4.69) is 15.0 Å². The highest BCUT2D eigenvalue weighted by Gasteiger charge is 2.18. The van der Waals surface area contributed by atoms with Gasteiger partial charge in [-0.1, -0.05) is 0 Å². The number of sulfonamides is 1. The molecule has 17 heavy (non-hydrogen) atoms. The molecule has 2 N–H and O–H groups in total. The first-order valence-corrected chi connectivity index (χ1v) is 6.87. The van der Waals surface area contributed by atoms with E-state index in [0.717, 1.165) is 6.54 Å². The lowest BCUT2D eigenvalue weighted by molar-refractivity contribution is 0.0784. The standard InChI is InChI=1S/C10H15N3O3S/c14-17(15,10-2-1-3-11-7-10)13-6-9-8-16-5-4-12-9/h1-3,7,9,12-13H,4-6,8H2. The maximum absolute atomic E-state index is 11.9. The van der Waals surface area contributed by atoms with Gasteiger partial charge in [0.1, 0.15) is 4.90 Å². The van der Waals surface area contributed by atoms with Crippen molar-refractivity contribution in [1.29, 1.82) is 0 Å². The third kappa shape index (κ3) is 3.47. The summed E-state index contributed by atoms with van der Waals surface area (Å²) in [4.78, 5) is 3.96. The van der Waals surface area contributed by atoms with E-state index < -0.39 is 10.0 Å². The molecule has 6 nitrogen and oxygen atoms in total. The number of pyridine rings is 1. The van der Waals surface area contributed by atoms with Crippen molar-refractivity contribution >= 4 is 10.0 Å². The summed E-state index contributed by atoms with van der Waals surface area (Å²) in [5.74, 6) is 0. The van der Waals surface area contributed by atoms with Crippen LogP contribution in [0.5, 0.6) is 0 Å². The number of nitrogens with one attached hydrogen (secondary N) is 2. The predicted octanol–water partition coefficient (Wildman–Crippen LogP) is -0.652. The number of rotatable bonds is 4. The second-order valence-corrected chi connectivity index (χ2v) is 5.53. The lowest BCUT2D eigenvalue weighted by Gasteiger charge is -2.23. The quantitative estimate of drug-likeness (QED) is 0.749. The molecule has 1 aliphatic rings. The number of aromatic nitrogens is 1. The first-order valence-electron chi connectivity index (χ1n) is 5.39. The second-order valence-electron chi connectivity index (χ2n) is 3.77. The highest BCUT2D eigenvalue weighted by molar-refractivity contribution is 7.89. The highest BCUT2D eigenvalue weighted by atomic mass is 32.2. The molecular weight excluding hydrogens is 242 g/mol. The van der Waals surface area contributed by atoms with E-state index in [4.69, 9.17) is 4.74 Å². The fraction of sp³-hybridized carbons (Fsp3) is 0.500. The largest absolute Gasteiger partial charge is 0.378 e. The van der Waals surface area contributed by atoms with E-state index in [0.29, 0.717) is 19.8 Å². The zero-order chi connectivity index (χ0) is 12.1. The molecule has 7 heteroatoms. The van der Waals surface area contributed by atoms with Crippen molar-refractivity contribution < 1.29 is 13.2 Å². The molecule has 94 valence electrons. The Morgan fingerprint density at radius 2 is 2.47 bits per heavy atom. The summed E-state index contributed by atoms with van der Waals surface area (Å²) in [6, 6.07) is 3.13. The van der Waals surface area contributed by atoms with E-state index in [-0.39, 0.29) is 10.9 Å². The molecule has 1 aromatic rings. The second kappa shape index (κ2) is 5.54. The molecule has 1 fully saturated rings. The van der Waals surface area contributed by atoms with Crippen molar-refractivity contribution in [3.05, 3.63) is 24.5 Å². The van der Waals surface area contributed by atoms with Crippen LogP contribution in [0.3, 0.4) is 0 Å². The van der Waals surface area contributed by atoms with Crippen molar-refractivity contribution in [3.63, 3.8) is 0 Å². The Kier molecular flexibility index (Phi) is 4.06. The van der Waals surface area contributed by atoms with Crippen molar-refractivity contribution in [1.82, 2.24) is 15.0 Å². The topological polar surface area (TPSA) is 80.3 Å². The zero-order valence-corrected chi connectivity index (χ0v) is 10.1. The molecule has 0 amide bonds. The molecule has 0 spiro atoms. The van der Waals surface area contributed by atoms with Crippen LogP contribution in [0.25, 0.3) is 0 Å². The molecule has 0 aliphatic carbocycles. The Bertz CT molecular complexity index is 443. The van der Waals surface area contributed by atoms with Gasteiger partial charge in [-0.2, -0.15) is 0 Å². The van der Waals surface area contributed by atoms with Crippen LogP contribution in [0, 0.1) is 0 Å². The Labute approximate surface area is 100 Å². The van der Waals surface area contributed by atoms with Crippen molar-refractivity contribution in [2.24, 2.45) is 0 Å². The first-order chi connectivity index (χ1) is 8.18. The summed E-state index contributed by atoms with van der Waals surface area (Å²) in [6.45, 7) is 2.26. The number of hydrogen-bond donors (Lipinski definition) is 2. The monoisotopic (exact) mass is 257 g/mol. The van der Waals surface area contributed by atoms with Gasteiger partial charge >= 0.3 is 0 Å². The van der Waals surface area contributed by atoms with Gasteiger partial charge in [0, 0.05) is 31.5 Å². The fourth-order valence-electron chi connectivity index (χ4n) is 1.55. The van der Waals surface area contributed by atoms with Gasteiger partial charge in [-0.3, -0.25) is 4.98 Å². The minimum Gasteiger partial charge on any atom is -0.378 e. The molecule has 0 saturated carbocycles. The average molecular weight is 257 g/mol. The summed E-state index contributed by atoms with van der Waals surface area (Å²) in [6.07, 6.45) is 2.86. The maximum atomic E-state index is 11.9. The molecule has 1 saturated heterocycles. The van der Waals surface area contributed by atoms with Crippen LogP contribution in [0.15, 0.2) is 29.4 Å². The summed E-state index contributed by atoms with van der Waals surface area (Å²) in [5, 5.41) is 3.18. The van der Waals surface area contributed by atoms with Gasteiger partial charge in [-0.15, -0.1) is 0 Å². The third-order valence-corrected chi connectivity index (χ3v) is 3.87.